The molecule has 6 heteroatoms. The summed E-state index contributed by atoms with van der Waals surface area (Å²) in [4.78, 5) is 6.49. The maximum atomic E-state index is 10.9. The zero-order valence-electron chi connectivity index (χ0n) is 12.7. The van der Waals surface area contributed by atoms with Gasteiger partial charge in [-0.15, -0.1) is 5.10 Å². The number of β-amino-alcohol motifs (C(OH)–C–C–N with tert-alkyl or cyclic N) is 1. The van der Waals surface area contributed by atoms with Crippen LogP contribution in [0.25, 0.3) is 0 Å². The van der Waals surface area contributed by atoms with E-state index in [0.29, 0.717) is 18.7 Å². The minimum absolute atomic E-state index is 0.241. The molecule has 0 unspecified atom stereocenters. The van der Waals surface area contributed by atoms with Crippen molar-refractivity contribution in [1.82, 2.24) is 20.0 Å². The molecule has 0 aliphatic carbocycles. The van der Waals surface area contributed by atoms with E-state index in [0.717, 1.165) is 12.4 Å². The minimum Gasteiger partial charge on any atom is -0.381 e. The molecule has 3 heterocycles. The molecule has 0 radical (unpaired) electrons. The van der Waals surface area contributed by atoms with E-state index >= 15 is 0 Å². The summed E-state index contributed by atoms with van der Waals surface area (Å²) >= 11 is 0. The third-order valence-electron chi connectivity index (χ3n) is 3.99. The summed E-state index contributed by atoms with van der Waals surface area (Å²) in [6.45, 7) is 7.39. The Labute approximate surface area is 124 Å². The van der Waals surface area contributed by atoms with Gasteiger partial charge in [-0.05, 0) is 38.5 Å². The van der Waals surface area contributed by atoms with Crippen molar-refractivity contribution in [2.24, 2.45) is 0 Å². The lowest BCUT2D eigenvalue weighted by Gasteiger charge is -2.21. The summed E-state index contributed by atoms with van der Waals surface area (Å²) in [5, 5.41) is 19.1. The number of hydrogen-bond acceptors (Lipinski definition) is 5. The quantitative estimate of drug-likeness (QED) is 0.930. The van der Waals surface area contributed by atoms with E-state index in [4.69, 9.17) is 0 Å². The highest BCUT2D eigenvalue weighted by molar-refractivity contribution is 5.43. The first-order chi connectivity index (χ1) is 9.98. The van der Waals surface area contributed by atoms with Crippen LogP contribution in [0.15, 0.2) is 24.5 Å². The van der Waals surface area contributed by atoms with Gasteiger partial charge in [0.15, 0.2) is 0 Å². The number of nitrogens with zero attached hydrogens (tertiary/aromatic N) is 5. The van der Waals surface area contributed by atoms with Crippen LogP contribution >= 0.6 is 0 Å². The van der Waals surface area contributed by atoms with Crippen molar-refractivity contribution in [2.75, 3.05) is 18.0 Å². The first kappa shape index (κ1) is 14.0. The Balaban J connectivity index is 1.81. The second kappa shape index (κ2) is 5.11. The number of aliphatic hydroxyl groups is 1. The van der Waals surface area contributed by atoms with Crippen LogP contribution in [0.2, 0.25) is 0 Å². The van der Waals surface area contributed by atoms with Crippen molar-refractivity contribution in [2.45, 2.75) is 38.8 Å². The molecular formula is C15H21N5O. The van der Waals surface area contributed by atoms with E-state index in [1.165, 1.54) is 5.56 Å². The number of anilines is 1. The van der Waals surface area contributed by atoms with E-state index in [1.54, 1.807) is 10.9 Å². The third kappa shape index (κ3) is 2.63. The average molecular weight is 287 g/mol. The molecule has 1 aliphatic heterocycles. The molecule has 21 heavy (non-hydrogen) atoms. The summed E-state index contributed by atoms with van der Waals surface area (Å²) < 4.78 is 1.78. The number of rotatable bonds is 3. The Morgan fingerprint density at radius 1 is 1.38 bits per heavy atom. The van der Waals surface area contributed by atoms with Gasteiger partial charge in [0.25, 0.3) is 0 Å². The minimum atomic E-state index is -0.946. The largest absolute Gasteiger partial charge is 0.381 e. The number of hydrogen-bond donors (Lipinski definition) is 1. The highest BCUT2D eigenvalue weighted by Crippen LogP contribution is 2.33. The fourth-order valence-electron chi connectivity index (χ4n) is 2.63. The van der Waals surface area contributed by atoms with Gasteiger partial charge in [-0.25, -0.2) is 9.67 Å². The van der Waals surface area contributed by atoms with Gasteiger partial charge in [-0.1, -0.05) is 5.21 Å². The van der Waals surface area contributed by atoms with Crippen LogP contribution in [0, 0.1) is 6.92 Å². The van der Waals surface area contributed by atoms with Crippen LogP contribution in [0.1, 0.15) is 37.6 Å². The maximum absolute atomic E-state index is 10.9. The summed E-state index contributed by atoms with van der Waals surface area (Å²) in [5.74, 6) is 0.905. The average Bonchev–Trinajstić information content (AvgIpc) is 3.06. The molecule has 0 bridgehead atoms. The Bertz CT molecular complexity index is 638. The maximum Gasteiger partial charge on any atom is 0.129 e. The lowest BCUT2D eigenvalue weighted by atomic mass is 10.00. The molecule has 3 rings (SSSR count). The summed E-state index contributed by atoms with van der Waals surface area (Å²) in [6.07, 6.45) is 4.29. The van der Waals surface area contributed by atoms with Gasteiger partial charge in [0.1, 0.15) is 17.1 Å². The molecule has 0 amide bonds. The van der Waals surface area contributed by atoms with Crippen molar-refractivity contribution in [1.29, 1.82) is 0 Å². The smallest absolute Gasteiger partial charge is 0.129 e. The zero-order valence-corrected chi connectivity index (χ0v) is 12.7. The molecule has 0 aromatic carbocycles. The molecule has 0 saturated carbocycles. The predicted molar refractivity (Wildman–Crippen MR) is 80.1 cm³/mol. The normalized spacial score (nSPS) is 22.2. The van der Waals surface area contributed by atoms with Crippen molar-refractivity contribution in [3.63, 3.8) is 0 Å². The molecule has 112 valence electrons. The number of pyridine rings is 1. The number of aryl methyl sites for hydroxylation is 1. The number of aromatic nitrogens is 4. The Kier molecular flexibility index (Phi) is 3.41. The van der Waals surface area contributed by atoms with E-state index in [-0.39, 0.29) is 6.04 Å². The lowest BCUT2D eigenvalue weighted by molar-refractivity contribution is 0.0559. The van der Waals surface area contributed by atoms with Gasteiger partial charge < -0.3 is 10.0 Å². The molecule has 2 aromatic rings. The summed E-state index contributed by atoms with van der Waals surface area (Å²) in [6, 6.07) is 4.25. The standard InChI is InChI=1S/C15H21N5O/c1-11(2)20-9-13(17-18-20)15(21)5-7-19(10-15)14-8-12(3)4-6-16-14/h4,6,8-9,11,21H,5,7,10H2,1-3H3/t15-/m1/s1. The molecule has 1 saturated heterocycles. The van der Waals surface area contributed by atoms with Crippen LogP contribution in [0.3, 0.4) is 0 Å². The van der Waals surface area contributed by atoms with Gasteiger partial charge >= 0.3 is 0 Å². The molecule has 2 aromatic heterocycles. The Morgan fingerprint density at radius 3 is 2.86 bits per heavy atom. The van der Waals surface area contributed by atoms with E-state index in [2.05, 4.69) is 20.2 Å². The van der Waals surface area contributed by atoms with Crippen LogP contribution in [-0.2, 0) is 5.60 Å². The van der Waals surface area contributed by atoms with Crippen molar-refractivity contribution in [3.8, 4) is 0 Å². The summed E-state index contributed by atoms with van der Waals surface area (Å²) in [7, 11) is 0. The molecular weight excluding hydrogens is 266 g/mol. The van der Waals surface area contributed by atoms with E-state index in [9.17, 15) is 5.11 Å². The Hall–Kier alpha value is -1.95. The molecule has 1 N–H and O–H groups in total. The predicted octanol–water partition coefficient (Wildman–Crippen LogP) is 1.66. The van der Waals surface area contributed by atoms with Crippen molar-refractivity contribution in [3.05, 3.63) is 35.8 Å². The van der Waals surface area contributed by atoms with E-state index < -0.39 is 5.60 Å². The zero-order chi connectivity index (χ0) is 15.0. The van der Waals surface area contributed by atoms with Crippen LogP contribution < -0.4 is 4.90 Å². The third-order valence-corrected chi connectivity index (χ3v) is 3.99. The van der Waals surface area contributed by atoms with Crippen molar-refractivity contribution < 1.29 is 5.11 Å². The van der Waals surface area contributed by atoms with Gasteiger partial charge in [0.2, 0.25) is 0 Å². The van der Waals surface area contributed by atoms with Gasteiger partial charge in [-0.3, -0.25) is 0 Å². The fraction of sp³-hybridized carbons (Fsp3) is 0.533. The molecule has 1 atom stereocenters. The van der Waals surface area contributed by atoms with Gasteiger partial charge in [-0.2, -0.15) is 0 Å². The molecule has 1 aliphatic rings. The van der Waals surface area contributed by atoms with Crippen molar-refractivity contribution >= 4 is 5.82 Å². The monoisotopic (exact) mass is 287 g/mol. The Morgan fingerprint density at radius 2 is 2.19 bits per heavy atom. The van der Waals surface area contributed by atoms with Crippen LogP contribution in [0.5, 0.6) is 0 Å². The highest BCUT2D eigenvalue weighted by atomic mass is 16.3. The summed E-state index contributed by atoms with van der Waals surface area (Å²) in [5.41, 5.74) is 0.867. The fourth-order valence-corrected chi connectivity index (χ4v) is 2.63. The van der Waals surface area contributed by atoms with Crippen LogP contribution in [-0.4, -0.2) is 38.2 Å². The van der Waals surface area contributed by atoms with E-state index in [1.807, 2.05) is 39.1 Å². The molecule has 6 nitrogen and oxygen atoms in total. The second-order valence-corrected chi connectivity index (χ2v) is 6.07. The highest BCUT2D eigenvalue weighted by Gasteiger charge is 2.40. The second-order valence-electron chi connectivity index (χ2n) is 6.07. The molecule has 1 fully saturated rings. The first-order valence-corrected chi connectivity index (χ1v) is 7.30. The molecule has 0 spiro atoms. The van der Waals surface area contributed by atoms with Gasteiger partial charge in [0.05, 0.1) is 12.7 Å². The SMILES string of the molecule is Cc1ccnc(N2CC[C@](O)(c3cn(C(C)C)nn3)C2)c1. The topological polar surface area (TPSA) is 67.1 Å². The van der Waals surface area contributed by atoms with Gasteiger partial charge in [0, 0.05) is 25.2 Å². The van der Waals surface area contributed by atoms with Crippen LogP contribution in [0.4, 0.5) is 5.82 Å². The first-order valence-electron chi connectivity index (χ1n) is 7.30. The lowest BCUT2D eigenvalue weighted by Crippen LogP contribution is -2.31.